The summed E-state index contributed by atoms with van der Waals surface area (Å²) in [7, 11) is 0. The molecule has 4 atom stereocenters. The van der Waals surface area contributed by atoms with E-state index in [9.17, 15) is 9.59 Å². The van der Waals surface area contributed by atoms with Gasteiger partial charge in [-0.25, -0.2) is 9.59 Å². The van der Waals surface area contributed by atoms with Crippen LogP contribution in [-0.4, -0.2) is 49.7 Å². The van der Waals surface area contributed by atoms with Gasteiger partial charge in [0.05, 0.1) is 18.8 Å². The first kappa shape index (κ1) is 19.2. The fourth-order valence-electron chi connectivity index (χ4n) is 3.41. The Labute approximate surface area is 167 Å². The van der Waals surface area contributed by atoms with Gasteiger partial charge in [-0.05, 0) is 29.8 Å². The molecule has 0 saturated carbocycles. The van der Waals surface area contributed by atoms with Crippen molar-refractivity contribution >= 4 is 17.7 Å². The van der Waals surface area contributed by atoms with Crippen LogP contribution in [0, 0.1) is 0 Å². The summed E-state index contributed by atoms with van der Waals surface area (Å²) in [5, 5.41) is 2.71. The SMILES string of the molecule is Nc1ccc(C(=O)O[C@@H]2CO[C@H]3[C@@H]2OC[C@@H]3OC(=O)NCc2ccccc2)cc1. The number of nitrogen functional groups attached to an aromatic ring is 1. The number of benzene rings is 2. The molecule has 4 rings (SSSR count). The van der Waals surface area contributed by atoms with Crippen LogP contribution in [0.3, 0.4) is 0 Å². The molecule has 2 saturated heterocycles. The van der Waals surface area contributed by atoms with Crippen LogP contribution >= 0.6 is 0 Å². The minimum absolute atomic E-state index is 0.182. The molecule has 2 aromatic carbocycles. The Bertz CT molecular complexity index is 857. The molecule has 8 nitrogen and oxygen atoms in total. The summed E-state index contributed by atoms with van der Waals surface area (Å²) in [5.74, 6) is -0.479. The highest BCUT2D eigenvalue weighted by Gasteiger charge is 2.51. The maximum Gasteiger partial charge on any atom is 0.407 e. The molecule has 0 bridgehead atoms. The number of esters is 1. The smallest absolute Gasteiger partial charge is 0.407 e. The lowest BCUT2D eigenvalue weighted by atomic mass is 10.1. The highest BCUT2D eigenvalue weighted by molar-refractivity contribution is 5.89. The quantitative estimate of drug-likeness (QED) is 0.585. The lowest BCUT2D eigenvalue weighted by Gasteiger charge is -2.17. The molecule has 0 unspecified atom stereocenters. The number of anilines is 1. The Morgan fingerprint density at radius 2 is 1.55 bits per heavy atom. The Hall–Kier alpha value is -3.10. The van der Waals surface area contributed by atoms with Crippen molar-refractivity contribution in [2.45, 2.75) is 31.0 Å². The number of carbonyl (C=O) groups is 2. The predicted molar refractivity (Wildman–Crippen MR) is 103 cm³/mol. The van der Waals surface area contributed by atoms with E-state index < -0.39 is 36.5 Å². The lowest BCUT2D eigenvalue weighted by molar-refractivity contribution is -0.0231. The number of hydrogen-bond donors (Lipinski definition) is 2. The predicted octanol–water partition coefficient (Wildman–Crippen LogP) is 1.89. The highest BCUT2D eigenvalue weighted by Crippen LogP contribution is 2.31. The second-order valence-corrected chi connectivity index (χ2v) is 6.94. The fourth-order valence-corrected chi connectivity index (χ4v) is 3.41. The van der Waals surface area contributed by atoms with Gasteiger partial charge in [0.25, 0.3) is 0 Å². The summed E-state index contributed by atoms with van der Waals surface area (Å²) in [5.41, 5.74) is 7.56. The number of carbonyl (C=O) groups excluding carboxylic acids is 2. The third-order valence-electron chi connectivity index (χ3n) is 4.91. The number of amides is 1. The Balaban J connectivity index is 1.28. The van der Waals surface area contributed by atoms with Crippen molar-refractivity contribution in [3.05, 3.63) is 65.7 Å². The number of alkyl carbamates (subject to hydrolysis) is 1. The van der Waals surface area contributed by atoms with Crippen LogP contribution < -0.4 is 11.1 Å². The average Bonchev–Trinajstić information content (AvgIpc) is 3.31. The molecule has 2 aromatic rings. The molecule has 2 aliphatic rings. The van der Waals surface area contributed by atoms with Crippen LogP contribution in [0.1, 0.15) is 15.9 Å². The summed E-state index contributed by atoms with van der Waals surface area (Å²) in [6.07, 6.45) is -2.61. The molecule has 1 amide bonds. The molecule has 2 fully saturated rings. The maximum atomic E-state index is 12.3. The summed E-state index contributed by atoms with van der Waals surface area (Å²) in [6.45, 7) is 0.732. The molecule has 2 heterocycles. The van der Waals surface area contributed by atoms with Crippen LogP contribution in [0.15, 0.2) is 54.6 Å². The summed E-state index contributed by atoms with van der Waals surface area (Å²) in [4.78, 5) is 24.4. The molecular formula is C21H22N2O6. The van der Waals surface area contributed by atoms with Gasteiger partial charge in [-0.15, -0.1) is 0 Å². The molecular weight excluding hydrogens is 376 g/mol. The van der Waals surface area contributed by atoms with Crippen LogP contribution in [-0.2, 0) is 25.5 Å². The van der Waals surface area contributed by atoms with Crippen molar-refractivity contribution in [3.63, 3.8) is 0 Å². The van der Waals surface area contributed by atoms with E-state index in [1.54, 1.807) is 24.3 Å². The fraction of sp³-hybridized carbons (Fsp3) is 0.333. The van der Waals surface area contributed by atoms with E-state index in [4.69, 9.17) is 24.7 Å². The number of ether oxygens (including phenoxy) is 4. The van der Waals surface area contributed by atoms with Gasteiger partial charge >= 0.3 is 12.1 Å². The van der Waals surface area contributed by atoms with Crippen molar-refractivity contribution in [1.29, 1.82) is 0 Å². The Morgan fingerprint density at radius 3 is 2.21 bits per heavy atom. The van der Waals surface area contributed by atoms with Crippen LogP contribution in [0.2, 0.25) is 0 Å². The third-order valence-corrected chi connectivity index (χ3v) is 4.91. The zero-order valence-electron chi connectivity index (χ0n) is 15.7. The number of fused-ring (bicyclic) bond motifs is 1. The van der Waals surface area contributed by atoms with Crippen LogP contribution in [0.25, 0.3) is 0 Å². The number of rotatable bonds is 5. The number of nitrogens with one attached hydrogen (secondary N) is 1. The van der Waals surface area contributed by atoms with Crippen molar-refractivity contribution in [2.75, 3.05) is 18.9 Å². The molecule has 0 radical (unpaired) electrons. The molecule has 8 heteroatoms. The van der Waals surface area contributed by atoms with E-state index in [2.05, 4.69) is 5.32 Å². The van der Waals surface area contributed by atoms with E-state index in [0.29, 0.717) is 17.8 Å². The summed E-state index contributed by atoms with van der Waals surface area (Å²) >= 11 is 0. The van der Waals surface area contributed by atoms with Crippen LogP contribution in [0.5, 0.6) is 0 Å². The molecule has 29 heavy (non-hydrogen) atoms. The van der Waals surface area contributed by atoms with E-state index in [0.717, 1.165) is 5.56 Å². The lowest BCUT2D eigenvalue weighted by Crippen LogP contribution is -2.38. The standard InChI is InChI=1S/C21H22N2O6/c22-15-8-6-14(7-9-15)20(24)28-16-11-26-19-17(12-27-18(16)19)29-21(25)23-10-13-4-2-1-3-5-13/h1-9,16-19H,10-12,22H2,(H,23,25)/t16-,17+,18-,19-/m1/s1. The van der Waals surface area contributed by atoms with Crippen molar-refractivity contribution in [3.8, 4) is 0 Å². The first-order chi connectivity index (χ1) is 14.1. The normalized spacial score (nSPS) is 25.2. The molecule has 0 spiro atoms. The number of hydrogen-bond acceptors (Lipinski definition) is 7. The second kappa shape index (κ2) is 8.50. The zero-order valence-corrected chi connectivity index (χ0v) is 15.7. The van der Waals surface area contributed by atoms with E-state index in [1.807, 2.05) is 30.3 Å². The van der Waals surface area contributed by atoms with Gasteiger partial charge in [0.1, 0.15) is 12.2 Å². The molecule has 152 valence electrons. The summed E-state index contributed by atoms with van der Waals surface area (Å²) in [6, 6.07) is 16.0. The van der Waals surface area contributed by atoms with Crippen molar-refractivity contribution < 1.29 is 28.5 Å². The minimum Gasteiger partial charge on any atom is -0.453 e. The van der Waals surface area contributed by atoms with Gasteiger partial charge < -0.3 is 30.0 Å². The molecule has 0 aliphatic carbocycles. The monoisotopic (exact) mass is 398 g/mol. The Kier molecular flexibility index (Phi) is 5.64. The molecule has 3 N–H and O–H groups in total. The third kappa shape index (κ3) is 4.49. The second-order valence-electron chi connectivity index (χ2n) is 6.94. The average molecular weight is 398 g/mol. The van der Waals surface area contributed by atoms with E-state index in [1.165, 1.54) is 0 Å². The van der Waals surface area contributed by atoms with E-state index in [-0.39, 0.29) is 13.2 Å². The molecule has 0 aromatic heterocycles. The van der Waals surface area contributed by atoms with Crippen LogP contribution in [0.4, 0.5) is 10.5 Å². The first-order valence-corrected chi connectivity index (χ1v) is 9.38. The maximum absolute atomic E-state index is 12.3. The van der Waals surface area contributed by atoms with Gasteiger partial charge in [-0.1, -0.05) is 30.3 Å². The first-order valence-electron chi connectivity index (χ1n) is 9.38. The van der Waals surface area contributed by atoms with Gasteiger partial charge in [-0.2, -0.15) is 0 Å². The highest BCUT2D eigenvalue weighted by atomic mass is 16.7. The summed E-state index contributed by atoms with van der Waals surface area (Å²) < 4.78 is 22.4. The van der Waals surface area contributed by atoms with Crippen molar-refractivity contribution in [1.82, 2.24) is 5.32 Å². The largest absolute Gasteiger partial charge is 0.453 e. The Morgan fingerprint density at radius 1 is 0.931 bits per heavy atom. The van der Waals surface area contributed by atoms with Gasteiger partial charge in [0.15, 0.2) is 12.2 Å². The van der Waals surface area contributed by atoms with Gasteiger partial charge in [0.2, 0.25) is 0 Å². The minimum atomic E-state index is -0.564. The molecule has 2 aliphatic heterocycles. The zero-order chi connectivity index (χ0) is 20.2. The van der Waals surface area contributed by atoms with Crippen molar-refractivity contribution in [2.24, 2.45) is 0 Å². The van der Waals surface area contributed by atoms with Gasteiger partial charge in [0, 0.05) is 12.2 Å². The van der Waals surface area contributed by atoms with Gasteiger partial charge in [-0.3, -0.25) is 0 Å². The topological polar surface area (TPSA) is 109 Å². The van der Waals surface area contributed by atoms with E-state index >= 15 is 0 Å². The number of nitrogens with two attached hydrogens (primary N) is 1.